The number of nitrogens with zero attached hydrogens (tertiary/aromatic N) is 3. The number of nitrogens with two attached hydrogens (primary N) is 1. The van der Waals surface area contributed by atoms with Crippen LogP contribution >= 0.6 is 0 Å². The van der Waals surface area contributed by atoms with Gasteiger partial charge in [0.1, 0.15) is 0 Å². The molecule has 2 N–H and O–H groups in total. The van der Waals surface area contributed by atoms with Crippen LogP contribution in [0.4, 0.5) is 0 Å². The van der Waals surface area contributed by atoms with E-state index in [4.69, 9.17) is 5.73 Å². The SMILES string of the molecule is CN(C)CCN1CCN(C(=O)CC2(CN)CCC2)CC1. The van der Waals surface area contributed by atoms with E-state index in [-0.39, 0.29) is 5.41 Å². The number of rotatable bonds is 6. The summed E-state index contributed by atoms with van der Waals surface area (Å²) < 4.78 is 0. The summed E-state index contributed by atoms with van der Waals surface area (Å²) in [4.78, 5) is 19.1. The average Bonchev–Trinajstić information content (AvgIpc) is 2.41. The maximum Gasteiger partial charge on any atom is 0.223 e. The van der Waals surface area contributed by atoms with Crippen LogP contribution in [0, 0.1) is 5.41 Å². The van der Waals surface area contributed by atoms with Gasteiger partial charge in [0, 0.05) is 45.7 Å². The average molecular weight is 282 g/mol. The summed E-state index contributed by atoms with van der Waals surface area (Å²) in [5.41, 5.74) is 5.99. The van der Waals surface area contributed by atoms with Gasteiger partial charge in [-0.2, -0.15) is 0 Å². The summed E-state index contributed by atoms with van der Waals surface area (Å²) in [5, 5.41) is 0. The van der Waals surface area contributed by atoms with Crippen molar-refractivity contribution in [3.05, 3.63) is 0 Å². The van der Waals surface area contributed by atoms with Gasteiger partial charge in [-0.3, -0.25) is 9.69 Å². The van der Waals surface area contributed by atoms with Crippen LogP contribution in [-0.4, -0.2) is 80.5 Å². The van der Waals surface area contributed by atoms with Crippen molar-refractivity contribution < 1.29 is 4.79 Å². The number of amides is 1. The van der Waals surface area contributed by atoms with Crippen molar-refractivity contribution in [2.45, 2.75) is 25.7 Å². The first-order chi connectivity index (χ1) is 9.54. The lowest BCUT2D eigenvalue weighted by molar-refractivity contribution is -0.136. The minimum Gasteiger partial charge on any atom is -0.340 e. The number of hydrogen-bond donors (Lipinski definition) is 1. The number of piperazine rings is 1. The number of carbonyl (C=O) groups excluding carboxylic acids is 1. The van der Waals surface area contributed by atoms with Gasteiger partial charge >= 0.3 is 0 Å². The van der Waals surface area contributed by atoms with Crippen molar-refractivity contribution in [3.8, 4) is 0 Å². The van der Waals surface area contributed by atoms with Gasteiger partial charge in [-0.05, 0) is 38.9 Å². The third-order valence-corrected chi connectivity index (χ3v) is 4.96. The molecule has 1 saturated heterocycles. The van der Waals surface area contributed by atoms with E-state index >= 15 is 0 Å². The lowest BCUT2D eigenvalue weighted by atomic mass is 9.66. The molecule has 116 valence electrons. The van der Waals surface area contributed by atoms with Crippen LogP contribution in [0.25, 0.3) is 0 Å². The number of hydrogen-bond acceptors (Lipinski definition) is 4. The van der Waals surface area contributed by atoms with Crippen molar-refractivity contribution in [2.75, 3.05) is 59.9 Å². The molecule has 1 heterocycles. The maximum absolute atomic E-state index is 12.4. The Labute approximate surface area is 123 Å². The van der Waals surface area contributed by atoms with Gasteiger partial charge in [-0.15, -0.1) is 0 Å². The third-order valence-electron chi connectivity index (χ3n) is 4.96. The van der Waals surface area contributed by atoms with Gasteiger partial charge < -0.3 is 15.5 Å². The molecule has 0 bridgehead atoms. The predicted octanol–water partition coefficient (Wildman–Crippen LogP) is 0.211. The van der Waals surface area contributed by atoms with E-state index < -0.39 is 0 Å². The highest BCUT2D eigenvalue weighted by Gasteiger charge is 2.38. The lowest BCUT2D eigenvalue weighted by Crippen LogP contribution is -2.51. The quantitative estimate of drug-likeness (QED) is 0.757. The van der Waals surface area contributed by atoms with E-state index in [2.05, 4.69) is 23.9 Å². The second-order valence-electron chi connectivity index (χ2n) is 6.76. The summed E-state index contributed by atoms with van der Waals surface area (Å²) in [6.07, 6.45) is 4.18. The molecule has 20 heavy (non-hydrogen) atoms. The Kier molecular flexibility index (Phi) is 5.41. The summed E-state index contributed by atoms with van der Waals surface area (Å²) in [7, 11) is 4.20. The Morgan fingerprint density at radius 1 is 1.20 bits per heavy atom. The molecule has 1 aliphatic heterocycles. The van der Waals surface area contributed by atoms with Crippen molar-refractivity contribution in [1.29, 1.82) is 0 Å². The van der Waals surface area contributed by atoms with Gasteiger partial charge in [-0.1, -0.05) is 6.42 Å². The fraction of sp³-hybridized carbons (Fsp3) is 0.933. The predicted molar refractivity (Wildman–Crippen MR) is 81.5 cm³/mol. The molecule has 1 saturated carbocycles. The van der Waals surface area contributed by atoms with Crippen LogP contribution in [0.3, 0.4) is 0 Å². The molecule has 0 atom stereocenters. The molecule has 0 aromatic heterocycles. The normalized spacial score (nSPS) is 22.9. The highest BCUT2D eigenvalue weighted by molar-refractivity contribution is 5.77. The summed E-state index contributed by atoms with van der Waals surface area (Å²) in [6, 6.07) is 0. The molecule has 0 aromatic carbocycles. The van der Waals surface area contributed by atoms with Crippen LogP contribution in [0.1, 0.15) is 25.7 Å². The van der Waals surface area contributed by atoms with E-state index in [0.29, 0.717) is 18.9 Å². The highest BCUT2D eigenvalue weighted by Crippen LogP contribution is 2.43. The molecule has 5 heteroatoms. The molecule has 0 unspecified atom stereocenters. The number of likely N-dealkylation sites (N-methyl/N-ethyl adjacent to an activating group) is 1. The van der Waals surface area contributed by atoms with Crippen LogP contribution < -0.4 is 5.73 Å². The lowest BCUT2D eigenvalue weighted by Gasteiger charge is -2.43. The van der Waals surface area contributed by atoms with Crippen molar-refractivity contribution in [2.24, 2.45) is 11.1 Å². The molecular weight excluding hydrogens is 252 g/mol. The van der Waals surface area contributed by atoms with E-state index in [1.807, 2.05) is 4.90 Å². The fourth-order valence-electron chi connectivity index (χ4n) is 3.12. The second kappa shape index (κ2) is 6.87. The van der Waals surface area contributed by atoms with Crippen LogP contribution in [0.15, 0.2) is 0 Å². The fourth-order valence-corrected chi connectivity index (χ4v) is 3.12. The first-order valence-corrected chi connectivity index (χ1v) is 7.90. The Bertz CT molecular complexity index is 314. The third kappa shape index (κ3) is 3.93. The molecule has 0 spiro atoms. The van der Waals surface area contributed by atoms with Gasteiger partial charge in [0.15, 0.2) is 0 Å². The van der Waals surface area contributed by atoms with Gasteiger partial charge in [0.05, 0.1) is 0 Å². The molecule has 2 aliphatic rings. The largest absolute Gasteiger partial charge is 0.340 e. The van der Waals surface area contributed by atoms with Gasteiger partial charge in [0.25, 0.3) is 0 Å². The molecule has 1 aliphatic carbocycles. The Morgan fingerprint density at radius 3 is 2.30 bits per heavy atom. The van der Waals surface area contributed by atoms with E-state index in [0.717, 1.165) is 52.1 Å². The smallest absolute Gasteiger partial charge is 0.223 e. The Morgan fingerprint density at radius 2 is 1.85 bits per heavy atom. The topological polar surface area (TPSA) is 52.8 Å². The Hall–Kier alpha value is -0.650. The van der Waals surface area contributed by atoms with Crippen LogP contribution in [-0.2, 0) is 4.79 Å². The highest BCUT2D eigenvalue weighted by atomic mass is 16.2. The van der Waals surface area contributed by atoms with Crippen LogP contribution in [0.5, 0.6) is 0 Å². The summed E-state index contributed by atoms with van der Waals surface area (Å²) in [6.45, 7) is 6.64. The van der Waals surface area contributed by atoms with Gasteiger partial charge in [-0.25, -0.2) is 0 Å². The monoisotopic (exact) mass is 282 g/mol. The zero-order valence-corrected chi connectivity index (χ0v) is 13.1. The molecule has 1 amide bonds. The van der Waals surface area contributed by atoms with E-state index in [1.54, 1.807) is 0 Å². The van der Waals surface area contributed by atoms with Crippen molar-refractivity contribution >= 4 is 5.91 Å². The van der Waals surface area contributed by atoms with Crippen molar-refractivity contribution in [1.82, 2.24) is 14.7 Å². The summed E-state index contributed by atoms with van der Waals surface area (Å²) in [5.74, 6) is 0.322. The molecule has 0 radical (unpaired) electrons. The molecule has 5 nitrogen and oxygen atoms in total. The van der Waals surface area contributed by atoms with Gasteiger partial charge in [0.2, 0.25) is 5.91 Å². The molecule has 0 aromatic rings. The molecular formula is C15H30N4O. The van der Waals surface area contributed by atoms with E-state index in [9.17, 15) is 4.79 Å². The van der Waals surface area contributed by atoms with Crippen molar-refractivity contribution in [3.63, 3.8) is 0 Å². The molecule has 2 fully saturated rings. The standard InChI is InChI=1S/C15H30N4O/c1-17(2)6-7-18-8-10-19(11-9-18)14(20)12-15(13-16)4-3-5-15/h3-13,16H2,1-2H3. The second-order valence-corrected chi connectivity index (χ2v) is 6.76. The minimum atomic E-state index is 0.138. The zero-order chi connectivity index (χ0) is 14.6. The summed E-state index contributed by atoms with van der Waals surface area (Å²) >= 11 is 0. The maximum atomic E-state index is 12.4. The first-order valence-electron chi connectivity index (χ1n) is 7.90. The van der Waals surface area contributed by atoms with Crippen LogP contribution in [0.2, 0.25) is 0 Å². The number of carbonyl (C=O) groups is 1. The Balaban J connectivity index is 1.71. The first kappa shape index (κ1) is 15.7. The van der Waals surface area contributed by atoms with E-state index in [1.165, 1.54) is 6.42 Å². The molecule has 2 rings (SSSR count). The zero-order valence-electron chi connectivity index (χ0n) is 13.1. The minimum absolute atomic E-state index is 0.138.